The SMILES string of the molecule is CC(=O)CO/N=C\c1ccc(C=N)cc1. The lowest BCUT2D eigenvalue weighted by atomic mass is 10.2. The topological polar surface area (TPSA) is 62.5 Å². The van der Waals surface area contributed by atoms with Crippen molar-refractivity contribution in [3.05, 3.63) is 35.4 Å². The van der Waals surface area contributed by atoms with E-state index in [2.05, 4.69) is 5.16 Å². The fourth-order valence-corrected chi connectivity index (χ4v) is 0.905. The minimum Gasteiger partial charge on any atom is -0.388 e. The van der Waals surface area contributed by atoms with Crippen molar-refractivity contribution >= 4 is 18.2 Å². The van der Waals surface area contributed by atoms with Crippen molar-refractivity contribution in [3.8, 4) is 0 Å². The zero-order valence-corrected chi connectivity index (χ0v) is 8.43. The second-order valence-electron chi connectivity index (χ2n) is 3.02. The molecule has 0 aliphatic rings. The summed E-state index contributed by atoms with van der Waals surface area (Å²) in [6.07, 6.45) is 2.80. The van der Waals surface area contributed by atoms with Crippen molar-refractivity contribution in [1.29, 1.82) is 5.41 Å². The first-order valence-electron chi connectivity index (χ1n) is 4.47. The van der Waals surface area contributed by atoms with Crippen LogP contribution in [0.2, 0.25) is 0 Å². The Morgan fingerprint density at radius 1 is 1.40 bits per heavy atom. The summed E-state index contributed by atoms with van der Waals surface area (Å²) < 4.78 is 0. The summed E-state index contributed by atoms with van der Waals surface area (Å²) in [5, 5.41) is 10.6. The van der Waals surface area contributed by atoms with Crippen LogP contribution in [0.25, 0.3) is 0 Å². The van der Waals surface area contributed by atoms with Gasteiger partial charge in [0.05, 0.1) is 6.21 Å². The van der Waals surface area contributed by atoms with Gasteiger partial charge < -0.3 is 10.2 Å². The van der Waals surface area contributed by atoms with E-state index in [0.717, 1.165) is 11.1 Å². The fraction of sp³-hybridized carbons (Fsp3) is 0.182. The third-order valence-electron chi connectivity index (χ3n) is 1.65. The van der Waals surface area contributed by atoms with Crippen LogP contribution in [0.4, 0.5) is 0 Å². The number of hydrogen-bond donors (Lipinski definition) is 1. The molecule has 0 saturated heterocycles. The maximum Gasteiger partial charge on any atom is 0.174 e. The molecule has 0 unspecified atom stereocenters. The van der Waals surface area contributed by atoms with E-state index < -0.39 is 0 Å². The second-order valence-corrected chi connectivity index (χ2v) is 3.02. The Kier molecular flexibility index (Phi) is 4.22. The molecule has 0 fully saturated rings. The molecule has 0 radical (unpaired) electrons. The number of benzene rings is 1. The molecule has 4 nitrogen and oxygen atoms in total. The number of ketones is 1. The number of oxime groups is 1. The Morgan fingerprint density at radius 3 is 2.53 bits per heavy atom. The highest BCUT2D eigenvalue weighted by atomic mass is 16.6. The van der Waals surface area contributed by atoms with Crippen molar-refractivity contribution in [1.82, 2.24) is 0 Å². The van der Waals surface area contributed by atoms with Crippen LogP contribution in [0.15, 0.2) is 29.4 Å². The molecule has 0 spiro atoms. The maximum atomic E-state index is 10.5. The van der Waals surface area contributed by atoms with Gasteiger partial charge in [0.15, 0.2) is 12.4 Å². The molecule has 0 atom stereocenters. The maximum absolute atomic E-state index is 10.5. The van der Waals surface area contributed by atoms with Crippen molar-refractivity contribution in [2.45, 2.75) is 6.92 Å². The van der Waals surface area contributed by atoms with E-state index in [9.17, 15) is 4.79 Å². The molecule has 1 N–H and O–H groups in total. The van der Waals surface area contributed by atoms with Gasteiger partial charge in [-0.25, -0.2) is 0 Å². The van der Waals surface area contributed by atoms with Crippen LogP contribution in [-0.4, -0.2) is 24.8 Å². The predicted molar refractivity (Wildman–Crippen MR) is 58.6 cm³/mol. The molecule has 0 saturated carbocycles. The highest BCUT2D eigenvalue weighted by Gasteiger charge is 1.91. The van der Waals surface area contributed by atoms with E-state index in [-0.39, 0.29) is 12.4 Å². The average molecular weight is 204 g/mol. The number of nitrogens with zero attached hydrogens (tertiary/aromatic N) is 1. The Bertz CT molecular complexity index is 369. The third kappa shape index (κ3) is 4.17. The predicted octanol–water partition coefficient (Wildman–Crippen LogP) is 1.62. The van der Waals surface area contributed by atoms with Gasteiger partial charge in [0.25, 0.3) is 0 Å². The van der Waals surface area contributed by atoms with E-state index in [0.29, 0.717) is 0 Å². The minimum absolute atomic E-state index is 0.00488. The molecule has 78 valence electrons. The van der Waals surface area contributed by atoms with Gasteiger partial charge in [0, 0.05) is 6.21 Å². The Labute approximate surface area is 88.1 Å². The van der Waals surface area contributed by atoms with Gasteiger partial charge >= 0.3 is 0 Å². The molecule has 15 heavy (non-hydrogen) atoms. The molecule has 0 aromatic heterocycles. The molecule has 0 aliphatic carbocycles. The highest BCUT2D eigenvalue weighted by Crippen LogP contribution is 1.99. The standard InChI is InChI=1S/C11H12N2O2/c1-9(14)8-15-13-7-11-4-2-10(6-12)3-5-11/h2-7,12H,8H2,1H3/b12-6?,13-7-. The number of nitrogens with one attached hydrogen (secondary N) is 1. The minimum atomic E-state index is -0.0636. The van der Waals surface area contributed by atoms with E-state index in [1.165, 1.54) is 19.4 Å². The second kappa shape index (κ2) is 5.70. The lowest BCUT2D eigenvalue weighted by Crippen LogP contribution is -1.99. The van der Waals surface area contributed by atoms with Crippen molar-refractivity contribution < 1.29 is 9.63 Å². The van der Waals surface area contributed by atoms with Crippen LogP contribution in [0.1, 0.15) is 18.1 Å². The van der Waals surface area contributed by atoms with Gasteiger partial charge in [0.1, 0.15) is 0 Å². The zero-order valence-electron chi connectivity index (χ0n) is 8.43. The molecular formula is C11H12N2O2. The van der Waals surface area contributed by atoms with Crippen molar-refractivity contribution in [3.63, 3.8) is 0 Å². The summed E-state index contributed by atoms with van der Waals surface area (Å²) in [7, 11) is 0. The van der Waals surface area contributed by atoms with E-state index in [1.54, 1.807) is 12.1 Å². The Hall–Kier alpha value is -1.97. The van der Waals surface area contributed by atoms with Crippen LogP contribution in [0.5, 0.6) is 0 Å². The van der Waals surface area contributed by atoms with Crippen molar-refractivity contribution in [2.75, 3.05) is 6.61 Å². The zero-order chi connectivity index (χ0) is 11.1. The molecule has 0 heterocycles. The Balaban J connectivity index is 2.49. The van der Waals surface area contributed by atoms with Crippen LogP contribution in [0.3, 0.4) is 0 Å². The normalized spacial score (nSPS) is 10.2. The molecule has 0 aliphatic heterocycles. The number of hydrogen-bond acceptors (Lipinski definition) is 4. The van der Waals surface area contributed by atoms with Gasteiger partial charge in [-0.15, -0.1) is 0 Å². The largest absolute Gasteiger partial charge is 0.388 e. The monoisotopic (exact) mass is 204 g/mol. The summed E-state index contributed by atoms with van der Waals surface area (Å²) >= 11 is 0. The molecule has 4 heteroatoms. The van der Waals surface area contributed by atoms with Crippen LogP contribution in [-0.2, 0) is 9.63 Å². The first-order valence-corrected chi connectivity index (χ1v) is 4.47. The third-order valence-corrected chi connectivity index (χ3v) is 1.65. The van der Waals surface area contributed by atoms with Crippen LogP contribution < -0.4 is 0 Å². The summed E-state index contributed by atoms with van der Waals surface area (Å²) in [6.45, 7) is 1.43. The number of carbonyl (C=O) groups is 1. The van der Waals surface area contributed by atoms with Gasteiger partial charge in [-0.3, -0.25) is 4.79 Å². The Morgan fingerprint density at radius 2 is 2.00 bits per heavy atom. The summed E-state index contributed by atoms with van der Waals surface area (Å²) in [5.41, 5.74) is 1.70. The lowest BCUT2D eigenvalue weighted by Gasteiger charge is -1.95. The van der Waals surface area contributed by atoms with Crippen LogP contribution in [0, 0.1) is 5.41 Å². The number of rotatable bonds is 5. The first kappa shape index (κ1) is 11.1. The molecule has 1 aromatic rings. The number of Topliss-reactive ketones (excluding diaryl/α,β-unsaturated/α-hetero) is 1. The summed E-state index contributed by atoms with van der Waals surface area (Å²) in [6, 6.07) is 7.25. The van der Waals surface area contributed by atoms with Gasteiger partial charge in [0.2, 0.25) is 0 Å². The van der Waals surface area contributed by atoms with E-state index in [4.69, 9.17) is 10.2 Å². The summed E-state index contributed by atoms with van der Waals surface area (Å²) in [5.74, 6) is -0.0636. The fourth-order valence-electron chi connectivity index (χ4n) is 0.905. The highest BCUT2D eigenvalue weighted by molar-refractivity contribution is 5.82. The molecular weight excluding hydrogens is 192 g/mol. The lowest BCUT2D eigenvalue weighted by molar-refractivity contribution is -0.121. The first-order chi connectivity index (χ1) is 7.22. The van der Waals surface area contributed by atoms with E-state index in [1.807, 2.05) is 12.1 Å². The molecule has 0 bridgehead atoms. The quantitative estimate of drug-likeness (QED) is 0.585. The van der Waals surface area contributed by atoms with Gasteiger partial charge in [-0.2, -0.15) is 0 Å². The van der Waals surface area contributed by atoms with Gasteiger partial charge in [-0.05, 0) is 18.1 Å². The van der Waals surface area contributed by atoms with Gasteiger partial charge in [-0.1, -0.05) is 29.4 Å². The van der Waals surface area contributed by atoms with Crippen molar-refractivity contribution in [2.24, 2.45) is 5.16 Å². The molecule has 1 aromatic carbocycles. The molecule has 1 rings (SSSR count). The summed E-state index contributed by atoms with van der Waals surface area (Å²) in [4.78, 5) is 15.2. The smallest absolute Gasteiger partial charge is 0.174 e. The van der Waals surface area contributed by atoms with E-state index >= 15 is 0 Å². The van der Waals surface area contributed by atoms with Crippen LogP contribution >= 0.6 is 0 Å². The molecule has 0 amide bonds. The average Bonchev–Trinajstić information content (AvgIpc) is 2.25. The number of carbonyl (C=O) groups excluding carboxylic acids is 1.